The molecule has 1 aliphatic carbocycles. The van der Waals surface area contributed by atoms with Crippen LogP contribution < -0.4 is 10.6 Å². The second-order valence-electron chi connectivity index (χ2n) is 6.44. The molecular formula is C19H21FN2O3. The smallest absolute Gasteiger partial charge is 0.255 e. The molecule has 6 heteroatoms. The number of hydrogen-bond acceptors (Lipinski definition) is 3. The summed E-state index contributed by atoms with van der Waals surface area (Å²) in [7, 11) is 0. The number of carbonyl (C=O) groups excluding carboxylic acids is 2. The highest BCUT2D eigenvalue weighted by Gasteiger charge is 2.31. The number of rotatable bonds is 6. The number of carbonyl (C=O) groups is 2. The zero-order valence-corrected chi connectivity index (χ0v) is 14.0. The van der Waals surface area contributed by atoms with Gasteiger partial charge in [-0.1, -0.05) is 18.6 Å². The van der Waals surface area contributed by atoms with Crippen molar-refractivity contribution < 1.29 is 18.4 Å². The average Bonchev–Trinajstić information content (AvgIpc) is 3.07. The van der Waals surface area contributed by atoms with E-state index in [0.29, 0.717) is 11.5 Å². The van der Waals surface area contributed by atoms with E-state index in [0.717, 1.165) is 24.8 Å². The Bertz CT molecular complexity index is 724. The lowest BCUT2D eigenvalue weighted by atomic mass is 9.77. The second-order valence-corrected chi connectivity index (χ2v) is 6.44. The summed E-state index contributed by atoms with van der Waals surface area (Å²) in [5, 5.41) is 5.66. The molecule has 2 aromatic rings. The van der Waals surface area contributed by atoms with Gasteiger partial charge in [-0.05, 0) is 49.4 Å². The molecule has 1 aromatic carbocycles. The molecule has 0 unspecified atom stereocenters. The van der Waals surface area contributed by atoms with E-state index >= 15 is 0 Å². The van der Waals surface area contributed by atoms with Crippen molar-refractivity contribution in [2.24, 2.45) is 5.92 Å². The molecule has 0 aliphatic heterocycles. The van der Waals surface area contributed by atoms with E-state index in [1.165, 1.54) is 30.7 Å². The number of furan rings is 1. The van der Waals surface area contributed by atoms with Crippen molar-refractivity contribution >= 4 is 11.8 Å². The molecule has 3 rings (SSSR count). The lowest BCUT2D eigenvalue weighted by molar-refractivity contribution is -0.124. The first-order chi connectivity index (χ1) is 12.0. The van der Waals surface area contributed by atoms with Crippen molar-refractivity contribution in [3.8, 4) is 0 Å². The fourth-order valence-electron chi connectivity index (χ4n) is 2.93. The quantitative estimate of drug-likeness (QED) is 0.845. The van der Waals surface area contributed by atoms with Crippen LogP contribution in [-0.4, -0.2) is 17.9 Å². The zero-order valence-electron chi connectivity index (χ0n) is 14.0. The van der Waals surface area contributed by atoms with Crippen molar-refractivity contribution in [3.05, 3.63) is 59.8 Å². The molecule has 1 saturated carbocycles. The summed E-state index contributed by atoms with van der Waals surface area (Å²) in [6.07, 6.45) is 5.91. The molecule has 2 N–H and O–H groups in total. The highest BCUT2D eigenvalue weighted by atomic mass is 19.1. The standard InChI is InChI=1S/C19H21FN2O3/c1-12(21-19(24)15-9-10-25-11-15)18(23)22-17(13-3-2-4-13)14-5-7-16(20)8-6-14/h5-13,17H,2-4H2,1H3,(H,21,24)(H,22,23)/t12-,17+/m0/s1. The predicted octanol–water partition coefficient (Wildman–Crippen LogP) is 3.19. The first-order valence-electron chi connectivity index (χ1n) is 8.43. The molecule has 5 nitrogen and oxygen atoms in total. The minimum atomic E-state index is -0.689. The van der Waals surface area contributed by atoms with Gasteiger partial charge in [-0.25, -0.2) is 4.39 Å². The molecule has 2 atom stereocenters. The molecule has 0 saturated heterocycles. The van der Waals surface area contributed by atoms with Crippen molar-refractivity contribution in [2.45, 2.75) is 38.3 Å². The number of benzene rings is 1. The fourth-order valence-corrected chi connectivity index (χ4v) is 2.93. The van der Waals surface area contributed by atoms with Crippen LogP contribution in [0.5, 0.6) is 0 Å². The van der Waals surface area contributed by atoms with Crippen LogP contribution in [0.1, 0.15) is 48.1 Å². The molecule has 1 fully saturated rings. The van der Waals surface area contributed by atoms with E-state index < -0.39 is 6.04 Å². The van der Waals surface area contributed by atoms with Gasteiger partial charge in [0, 0.05) is 0 Å². The largest absolute Gasteiger partial charge is 0.472 e. The van der Waals surface area contributed by atoms with Crippen LogP contribution in [0.2, 0.25) is 0 Å². The topological polar surface area (TPSA) is 71.3 Å². The molecule has 1 heterocycles. The van der Waals surface area contributed by atoms with Crippen LogP contribution in [0.15, 0.2) is 47.3 Å². The predicted molar refractivity (Wildman–Crippen MR) is 90.3 cm³/mol. The highest BCUT2D eigenvalue weighted by molar-refractivity contribution is 5.97. The molecule has 0 bridgehead atoms. The fraction of sp³-hybridized carbons (Fsp3) is 0.368. The van der Waals surface area contributed by atoms with Gasteiger partial charge in [0.1, 0.15) is 18.1 Å². The molecule has 132 valence electrons. The Labute approximate surface area is 145 Å². The zero-order chi connectivity index (χ0) is 17.8. The van der Waals surface area contributed by atoms with E-state index in [4.69, 9.17) is 4.42 Å². The lowest BCUT2D eigenvalue weighted by Gasteiger charge is -2.35. The van der Waals surface area contributed by atoms with Gasteiger partial charge in [-0.2, -0.15) is 0 Å². The molecule has 0 spiro atoms. The third kappa shape index (κ3) is 4.07. The van der Waals surface area contributed by atoms with Gasteiger partial charge in [0.15, 0.2) is 0 Å². The average molecular weight is 344 g/mol. The molecule has 1 aliphatic rings. The molecule has 2 amide bonds. The first-order valence-corrected chi connectivity index (χ1v) is 8.43. The van der Waals surface area contributed by atoms with Crippen LogP contribution in [0.25, 0.3) is 0 Å². The maximum atomic E-state index is 13.2. The van der Waals surface area contributed by atoms with E-state index in [1.807, 2.05) is 0 Å². The summed E-state index contributed by atoms with van der Waals surface area (Å²) < 4.78 is 18.0. The van der Waals surface area contributed by atoms with Gasteiger partial charge in [0.2, 0.25) is 5.91 Å². The Hall–Kier alpha value is -2.63. The van der Waals surface area contributed by atoms with Crippen LogP contribution >= 0.6 is 0 Å². The number of amides is 2. The number of nitrogens with one attached hydrogen (secondary N) is 2. The Morgan fingerprint density at radius 2 is 1.88 bits per heavy atom. The van der Waals surface area contributed by atoms with Gasteiger partial charge >= 0.3 is 0 Å². The van der Waals surface area contributed by atoms with E-state index in [-0.39, 0.29) is 23.7 Å². The number of halogens is 1. The van der Waals surface area contributed by atoms with Crippen LogP contribution in [0.4, 0.5) is 4.39 Å². The maximum Gasteiger partial charge on any atom is 0.255 e. The van der Waals surface area contributed by atoms with Gasteiger partial charge in [0.05, 0.1) is 17.9 Å². The van der Waals surface area contributed by atoms with Crippen LogP contribution in [-0.2, 0) is 4.79 Å². The van der Waals surface area contributed by atoms with Crippen molar-refractivity contribution in [1.82, 2.24) is 10.6 Å². The van der Waals surface area contributed by atoms with E-state index in [9.17, 15) is 14.0 Å². The van der Waals surface area contributed by atoms with E-state index in [2.05, 4.69) is 10.6 Å². The van der Waals surface area contributed by atoms with Crippen LogP contribution in [0.3, 0.4) is 0 Å². The third-order valence-corrected chi connectivity index (χ3v) is 4.67. The minimum absolute atomic E-state index is 0.171. The summed E-state index contributed by atoms with van der Waals surface area (Å²) in [6.45, 7) is 1.63. The van der Waals surface area contributed by atoms with Gasteiger partial charge < -0.3 is 15.1 Å². The SMILES string of the molecule is C[C@H](NC(=O)c1ccoc1)C(=O)N[C@@H](c1ccc(F)cc1)C1CCC1. The summed E-state index contributed by atoms with van der Waals surface area (Å²) >= 11 is 0. The Kier molecular flexibility index (Phi) is 5.16. The monoisotopic (exact) mass is 344 g/mol. The normalized spacial score (nSPS) is 16.6. The molecular weight excluding hydrogens is 323 g/mol. The molecule has 0 radical (unpaired) electrons. The molecule has 25 heavy (non-hydrogen) atoms. The minimum Gasteiger partial charge on any atom is -0.472 e. The van der Waals surface area contributed by atoms with Gasteiger partial charge in [0.25, 0.3) is 5.91 Å². The summed E-state index contributed by atoms with van der Waals surface area (Å²) in [4.78, 5) is 24.5. The van der Waals surface area contributed by atoms with Gasteiger partial charge in [-0.15, -0.1) is 0 Å². The van der Waals surface area contributed by atoms with Gasteiger partial charge in [-0.3, -0.25) is 9.59 Å². The van der Waals surface area contributed by atoms with Crippen molar-refractivity contribution in [3.63, 3.8) is 0 Å². The van der Waals surface area contributed by atoms with Crippen molar-refractivity contribution in [2.75, 3.05) is 0 Å². The Morgan fingerprint density at radius 3 is 2.44 bits per heavy atom. The summed E-state index contributed by atoms with van der Waals surface area (Å²) in [5.74, 6) is -0.592. The Balaban J connectivity index is 1.65. The van der Waals surface area contributed by atoms with Crippen LogP contribution in [0, 0.1) is 11.7 Å². The van der Waals surface area contributed by atoms with E-state index in [1.54, 1.807) is 19.1 Å². The summed E-state index contributed by atoms with van der Waals surface area (Å²) in [5.41, 5.74) is 1.25. The lowest BCUT2D eigenvalue weighted by Crippen LogP contribution is -2.47. The highest BCUT2D eigenvalue weighted by Crippen LogP contribution is 2.37. The Morgan fingerprint density at radius 1 is 1.16 bits per heavy atom. The third-order valence-electron chi connectivity index (χ3n) is 4.67. The summed E-state index contributed by atoms with van der Waals surface area (Å²) in [6, 6.07) is 6.88. The number of hydrogen-bond donors (Lipinski definition) is 2. The van der Waals surface area contributed by atoms with Crippen molar-refractivity contribution in [1.29, 1.82) is 0 Å². The maximum absolute atomic E-state index is 13.2. The molecule has 1 aromatic heterocycles. The second kappa shape index (κ2) is 7.51. The first kappa shape index (κ1) is 17.2.